The molecule has 8 nitrogen and oxygen atoms in total. The number of hydrogen-bond acceptors (Lipinski definition) is 5. The van der Waals surface area contributed by atoms with Crippen LogP contribution in [0.25, 0.3) is 44.3 Å². The molecular weight excluding hydrogens is 533 g/mol. The zero-order chi connectivity index (χ0) is 28.8. The summed E-state index contributed by atoms with van der Waals surface area (Å²) in [5.41, 5.74) is 3.82. The minimum atomic E-state index is -0.556. The molecule has 1 aliphatic heterocycles. The van der Waals surface area contributed by atoms with Crippen molar-refractivity contribution in [3.05, 3.63) is 96.1 Å². The second-order valence-electron chi connectivity index (χ2n) is 10.5. The molecule has 0 unspecified atom stereocenters. The van der Waals surface area contributed by atoms with E-state index in [2.05, 4.69) is 25.6 Å². The van der Waals surface area contributed by atoms with Gasteiger partial charge in [0.05, 0.1) is 11.1 Å². The standard InChI is InChI=1S/C33H26FN5O3/c1-35-31(41)26-25-18-24(27-23(11-16-36-27)29(25)42-28(26)19-7-9-22(34)10-8-19)20-5-4-6-21(17-20)30(40)39-33(12-13-33)32-37-14-2-3-15-38-32/h2,4-11,14-18,36H,3,12-13H2,1H3,(H,35,41)(H,39,40). The highest BCUT2D eigenvalue weighted by Crippen LogP contribution is 2.42. The number of carbonyl (C=O) groups is 2. The van der Waals surface area contributed by atoms with E-state index in [-0.39, 0.29) is 17.6 Å². The van der Waals surface area contributed by atoms with E-state index >= 15 is 0 Å². The monoisotopic (exact) mass is 559 g/mol. The van der Waals surface area contributed by atoms with Gasteiger partial charge in [0.15, 0.2) is 5.84 Å². The van der Waals surface area contributed by atoms with E-state index < -0.39 is 5.54 Å². The second kappa shape index (κ2) is 9.95. The normalized spacial score (nSPS) is 15.4. The lowest BCUT2D eigenvalue weighted by molar-refractivity contribution is 0.0940. The number of amides is 2. The van der Waals surface area contributed by atoms with E-state index in [1.165, 1.54) is 12.1 Å². The average molecular weight is 560 g/mol. The van der Waals surface area contributed by atoms with Gasteiger partial charge < -0.3 is 20.0 Å². The highest BCUT2D eigenvalue weighted by molar-refractivity contribution is 6.19. The first kappa shape index (κ1) is 25.6. The van der Waals surface area contributed by atoms with Crippen molar-refractivity contribution in [2.75, 3.05) is 7.05 Å². The van der Waals surface area contributed by atoms with Crippen molar-refractivity contribution in [3.63, 3.8) is 0 Å². The fourth-order valence-electron chi connectivity index (χ4n) is 5.47. The van der Waals surface area contributed by atoms with Gasteiger partial charge in [-0.1, -0.05) is 18.2 Å². The SMILES string of the molecule is CNC(=O)c1c(-c2ccc(F)cc2)oc2c1cc(-c1cccc(C(=O)NC3(C4=NC=CCC=N4)CC3)c1)c1[nH]ccc12. The number of nitrogens with zero attached hydrogens (tertiary/aromatic N) is 2. The fourth-order valence-corrected chi connectivity index (χ4v) is 5.47. The first-order valence-electron chi connectivity index (χ1n) is 13.7. The van der Waals surface area contributed by atoms with Gasteiger partial charge in [-0.2, -0.15) is 0 Å². The third-order valence-corrected chi connectivity index (χ3v) is 7.78. The maximum Gasteiger partial charge on any atom is 0.255 e. The number of nitrogens with one attached hydrogen (secondary N) is 3. The number of benzene rings is 3. The lowest BCUT2D eigenvalue weighted by Crippen LogP contribution is -2.42. The van der Waals surface area contributed by atoms with Gasteiger partial charge in [-0.05, 0) is 66.9 Å². The topological polar surface area (TPSA) is 112 Å². The highest BCUT2D eigenvalue weighted by atomic mass is 19.1. The number of carbonyl (C=O) groups excluding carboxylic acids is 2. The van der Waals surface area contributed by atoms with Gasteiger partial charge in [0.25, 0.3) is 11.8 Å². The molecule has 3 heterocycles. The van der Waals surface area contributed by atoms with E-state index in [0.29, 0.717) is 45.7 Å². The van der Waals surface area contributed by atoms with Crippen LogP contribution < -0.4 is 10.6 Å². The van der Waals surface area contributed by atoms with E-state index in [9.17, 15) is 14.0 Å². The number of aliphatic imine (C=N–C) groups is 2. The Morgan fingerprint density at radius 3 is 2.62 bits per heavy atom. The summed E-state index contributed by atoms with van der Waals surface area (Å²) in [7, 11) is 1.56. The van der Waals surface area contributed by atoms with Gasteiger partial charge in [-0.25, -0.2) is 14.4 Å². The maximum atomic E-state index is 13.7. The summed E-state index contributed by atoms with van der Waals surface area (Å²) in [5, 5.41) is 7.26. The lowest BCUT2D eigenvalue weighted by atomic mass is 9.96. The number of fused-ring (bicyclic) bond motifs is 3. The van der Waals surface area contributed by atoms with Crippen molar-refractivity contribution < 1.29 is 18.4 Å². The summed E-state index contributed by atoms with van der Waals surface area (Å²) in [6.07, 6.45) is 9.54. The molecule has 208 valence electrons. The van der Waals surface area contributed by atoms with Crippen molar-refractivity contribution in [3.8, 4) is 22.5 Å². The van der Waals surface area contributed by atoms with E-state index in [1.807, 2.05) is 42.6 Å². The Morgan fingerprint density at radius 1 is 1.00 bits per heavy atom. The molecule has 2 amide bonds. The lowest BCUT2D eigenvalue weighted by Gasteiger charge is -2.17. The van der Waals surface area contributed by atoms with Gasteiger partial charge in [-0.3, -0.25) is 9.59 Å². The van der Waals surface area contributed by atoms with Gasteiger partial charge >= 0.3 is 0 Å². The van der Waals surface area contributed by atoms with E-state index in [1.54, 1.807) is 37.7 Å². The van der Waals surface area contributed by atoms with Crippen molar-refractivity contribution in [2.45, 2.75) is 24.8 Å². The summed E-state index contributed by atoms with van der Waals surface area (Å²) < 4.78 is 20.0. The Bertz CT molecular complexity index is 1980. The summed E-state index contributed by atoms with van der Waals surface area (Å²) in [5.74, 6) is 0.0617. The smallest absolute Gasteiger partial charge is 0.255 e. The van der Waals surface area contributed by atoms with Gasteiger partial charge in [0.1, 0.15) is 22.7 Å². The number of H-pyrrole nitrogens is 1. The fraction of sp³-hybridized carbons (Fsp3) is 0.152. The number of halogens is 1. The van der Waals surface area contributed by atoms with Crippen LogP contribution in [0.3, 0.4) is 0 Å². The number of aromatic amines is 1. The minimum absolute atomic E-state index is 0.211. The molecule has 9 heteroatoms. The van der Waals surface area contributed by atoms with Crippen LogP contribution in [0.4, 0.5) is 4.39 Å². The molecule has 3 N–H and O–H groups in total. The summed E-state index contributed by atoms with van der Waals surface area (Å²) in [6.45, 7) is 0. The molecule has 7 rings (SSSR count). The molecule has 1 saturated carbocycles. The van der Waals surface area contributed by atoms with E-state index in [4.69, 9.17) is 4.42 Å². The molecule has 3 aromatic carbocycles. The van der Waals surface area contributed by atoms with Crippen LogP contribution in [0, 0.1) is 5.82 Å². The van der Waals surface area contributed by atoms with Crippen molar-refractivity contribution in [1.29, 1.82) is 0 Å². The van der Waals surface area contributed by atoms with Crippen LogP contribution >= 0.6 is 0 Å². The Balaban J connectivity index is 1.32. The van der Waals surface area contributed by atoms with Crippen molar-refractivity contribution in [2.24, 2.45) is 9.98 Å². The quantitative estimate of drug-likeness (QED) is 0.224. The maximum absolute atomic E-state index is 13.7. The molecule has 0 saturated heterocycles. The van der Waals surface area contributed by atoms with Crippen LogP contribution in [0.15, 0.2) is 93.5 Å². The molecule has 0 bridgehead atoms. The minimum Gasteiger partial charge on any atom is -0.454 e. The predicted molar refractivity (Wildman–Crippen MR) is 161 cm³/mol. The predicted octanol–water partition coefficient (Wildman–Crippen LogP) is 6.40. The third-order valence-electron chi connectivity index (χ3n) is 7.78. The van der Waals surface area contributed by atoms with Crippen LogP contribution in [0.1, 0.15) is 40.0 Å². The number of allylic oxidation sites excluding steroid dienone is 1. The van der Waals surface area contributed by atoms with Crippen LogP contribution in [-0.4, -0.2) is 41.4 Å². The largest absolute Gasteiger partial charge is 0.454 e. The van der Waals surface area contributed by atoms with E-state index in [0.717, 1.165) is 34.9 Å². The Hall–Kier alpha value is -5.31. The molecule has 42 heavy (non-hydrogen) atoms. The Kier molecular flexibility index (Phi) is 6.08. The molecule has 5 aromatic rings. The number of aromatic nitrogens is 1. The second-order valence-corrected chi connectivity index (χ2v) is 10.5. The molecule has 1 fully saturated rings. The molecular formula is C33H26FN5O3. The molecule has 0 spiro atoms. The Labute approximate surface area is 240 Å². The molecule has 1 aliphatic carbocycles. The summed E-state index contributed by atoms with van der Waals surface area (Å²) in [6, 6.07) is 17.0. The summed E-state index contributed by atoms with van der Waals surface area (Å²) >= 11 is 0. The number of amidine groups is 1. The first-order chi connectivity index (χ1) is 20.5. The number of hydrogen-bond donors (Lipinski definition) is 3. The van der Waals surface area contributed by atoms with Crippen LogP contribution in [0.5, 0.6) is 0 Å². The van der Waals surface area contributed by atoms with Gasteiger partial charge in [0, 0.05) is 59.5 Å². The number of furan rings is 1. The molecule has 2 aromatic heterocycles. The molecule has 2 aliphatic rings. The zero-order valence-electron chi connectivity index (χ0n) is 22.7. The van der Waals surface area contributed by atoms with Gasteiger partial charge in [0.2, 0.25) is 0 Å². The van der Waals surface area contributed by atoms with Gasteiger partial charge in [-0.15, -0.1) is 0 Å². The van der Waals surface area contributed by atoms with Crippen molar-refractivity contribution in [1.82, 2.24) is 15.6 Å². The molecule has 0 atom stereocenters. The first-order valence-corrected chi connectivity index (χ1v) is 13.7. The third kappa shape index (κ3) is 4.30. The average Bonchev–Trinajstić information content (AvgIpc) is 3.56. The van der Waals surface area contributed by atoms with Crippen LogP contribution in [-0.2, 0) is 0 Å². The zero-order valence-corrected chi connectivity index (χ0v) is 22.7. The van der Waals surface area contributed by atoms with Crippen LogP contribution in [0.2, 0.25) is 0 Å². The Morgan fingerprint density at radius 2 is 1.83 bits per heavy atom. The highest BCUT2D eigenvalue weighted by Gasteiger charge is 2.49. The number of rotatable bonds is 6. The molecule has 0 radical (unpaired) electrons. The summed E-state index contributed by atoms with van der Waals surface area (Å²) in [4.78, 5) is 38.8. The van der Waals surface area contributed by atoms with Crippen molar-refractivity contribution >= 4 is 45.7 Å².